The van der Waals surface area contributed by atoms with Crippen LogP contribution < -0.4 is 5.11 Å². The first-order valence-corrected chi connectivity index (χ1v) is 7.51. The van der Waals surface area contributed by atoms with Crippen molar-refractivity contribution < 1.29 is 14.7 Å². The van der Waals surface area contributed by atoms with Crippen LogP contribution in [-0.2, 0) is 9.59 Å². The molecule has 0 amide bonds. The van der Waals surface area contributed by atoms with Gasteiger partial charge in [-0.1, -0.05) is 48.0 Å². The summed E-state index contributed by atoms with van der Waals surface area (Å²) in [5, 5.41) is 12.5. The average Bonchev–Trinajstić information content (AvgIpc) is 2.60. The molecule has 0 atom stereocenters. The molecule has 24 heavy (non-hydrogen) atoms. The first kappa shape index (κ1) is 15.9. The number of hydrogen-bond acceptors (Lipinski definition) is 4. The van der Waals surface area contributed by atoms with Gasteiger partial charge in [0.05, 0.1) is 16.8 Å². The van der Waals surface area contributed by atoms with Crippen molar-refractivity contribution in [3.8, 4) is 0 Å². The number of hydrogen-bond donors (Lipinski definition) is 0. The molecule has 0 saturated heterocycles. The third-order valence-electron chi connectivity index (χ3n) is 3.49. The Bertz CT molecular complexity index is 962. The number of aliphatic carboxylic acids is 1. The van der Waals surface area contributed by atoms with Gasteiger partial charge in [0.15, 0.2) is 0 Å². The summed E-state index contributed by atoms with van der Waals surface area (Å²) in [6.07, 6.45) is 1.46. The SMILES string of the molecule is O=C([O-])C(=O)C(=Cc1ccc(Cl)cc1)c1ccc2ccccc2n1. The minimum Gasteiger partial charge on any atom is -0.541 e. The molecule has 0 fully saturated rings. The summed E-state index contributed by atoms with van der Waals surface area (Å²) in [6.45, 7) is 0. The highest BCUT2D eigenvalue weighted by molar-refractivity contribution is 6.52. The molecule has 1 aromatic heterocycles. The fourth-order valence-corrected chi connectivity index (χ4v) is 2.43. The topological polar surface area (TPSA) is 70.1 Å². The van der Waals surface area contributed by atoms with E-state index >= 15 is 0 Å². The molecule has 118 valence electrons. The number of aromatic nitrogens is 1. The van der Waals surface area contributed by atoms with Crippen LogP contribution in [0.25, 0.3) is 22.6 Å². The highest BCUT2D eigenvalue weighted by atomic mass is 35.5. The summed E-state index contributed by atoms with van der Waals surface area (Å²) in [5.41, 5.74) is 1.54. The van der Waals surface area contributed by atoms with E-state index in [4.69, 9.17) is 11.6 Å². The lowest BCUT2D eigenvalue weighted by atomic mass is 10.0. The Labute approximate surface area is 143 Å². The summed E-state index contributed by atoms with van der Waals surface area (Å²) in [7, 11) is 0. The molecular weight excluding hydrogens is 326 g/mol. The van der Waals surface area contributed by atoms with Gasteiger partial charge in [-0.3, -0.25) is 4.79 Å². The summed E-state index contributed by atoms with van der Waals surface area (Å²) < 4.78 is 0. The van der Waals surface area contributed by atoms with Crippen LogP contribution >= 0.6 is 11.6 Å². The number of benzene rings is 2. The van der Waals surface area contributed by atoms with E-state index in [1.807, 2.05) is 18.2 Å². The number of nitrogens with zero attached hydrogens (tertiary/aromatic N) is 1. The normalized spacial score (nSPS) is 11.5. The third kappa shape index (κ3) is 3.34. The minimum absolute atomic E-state index is 0.0388. The molecule has 3 aromatic rings. The van der Waals surface area contributed by atoms with Crippen LogP contribution in [0, 0.1) is 0 Å². The van der Waals surface area contributed by atoms with E-state index in [1.54, 1.807) is 42.5 Å². The number of ketones is 1. The van der Waals surface area contributed by atoms with Gasteiger partial charge in [0.2, 0.25) is 5.78 Å². The van der Waals surface area contributed by atoms with Crippen LogP contribution in [-0.4, -0.2) is 16.7 Å². The van der Waals surface area contributed by atoms with E-state index in [-0.39, 0.29) is 11.3 Å². The zero-order valence-electron chi connectivity index (χ0n) is 12.4. The Morgan fingerprint density at radius 3 is 2.38 bits per heavy atom. The molecule has 0 aliphatic rings. The Hall–Kier alpha value is -2.98. The van der Waals surface area contributed by atoms with Crippen molar-refractivity contribution in [3.05, 3.63) is 76.9 Å². The third-order valence-corrected chi connectivity index (χ3v) is 3.74. The van der Waals surface area contributed by atoms with Gasteiger partial charge < -0.3 is 9.90 Å². The van der Waals surface area contributed by atoms with Crippen molar-refractivity contribution in [1.82, 2.24) is 4.98 Å². The molecule has 1 heterocycles. The van der Waals surface area contributed by atoms with Gasteiger partial charge >= 0.3 is 0 Å². The first-order valence-electron chi connectivity index (χ1n) is 7.14. The second-order valence-corrected chi connectivity index (χ2v) is 5.55. The number of rotatable bonds is 4. The van der Waals surface area contributed by atoms with Crippen LogP contribution in [0.3, 0.4) is 0 Å². The van der Waals surface area contributed by atoms with Crippen molar-refractivity contribution in [2.24, 2.45) is 0 Å². The molecular formula is C19H11ClNO3-. The predicted molar refractivity (Wildman–Crippen MR) is 91.1 cm³/mol. The molecule has 0 spiro atoms. The van der Waals surface area contributed by atoms with E-state index in [0.29, 0.717) is 16.1 Å². The van der Waals surface area contributed by atoms with Crippen molar-refractivity contribution in [3.63, 3.8) is 0 Å². The lowest BCUT2D eigenvalue weighted by molar-refractivity contribution is -0.299. The fourth-order valence-electron chi connectivity index (χ4n) is 2.31. The van der Waals surface area contributed by atoms with Gasteiger partial charge in [0.1, 0.15) is 5.97 Å². The van der Waals surface area contributed by atoms with Crippen molar-refractivity contribution in [1.29, 1.82) is 0 Å². The highest BCUT2D eigenvalue weighted by Crippen LogP contribution is 2.22. The molecule has 0 aliphatic carbocycles. The number of carbonyl (C=O) groups is 2. The monoisotopic (exact) mass is 336 g/mol. The van der Waals surface area contributed by atoms with E-state index < -0.39 is 11.8 Å². The quantitative estimate of drug-likeness (QED) is 0.542. The summed E-state index contributed by atoms with van der Waals surface area (Å²) >= 11 is 5.84. The van der Waals surface area contributed by atoms with Crippen LogP contribution in [0.2, 0.25) is 5.02 Å². The van der Waals surface area contributed by atoms with Crippen LogP contribution in [0.4, 0.5) is 0 Å². The van der Waals surface area contributed by atoms with Crippen LogP contribution in [0.1, 0.15) is 11.3 Å². The zero-order chi connectivity index (χ0) is 17.1. The number of carboxylic acids is 1. The molecule has 3 rings (SSSR count). The largest absolute Gasteiger partial charge is 0.541 e. The summed E-state index contributed by atoms with van der Waals surface area (Å²) in [5.74, 6) is -2.89. The number of para-hydroxylation sites is 1. The van der Waals surface area contributed by atoms with E-state index in [0.717, 1.165) is 5.39 Å². The highest BCUT2D eigenvalue weighted by Gasteiger charge is 2.15. The lowest BCUT2D eigenvalue weighted by Gasteiger charge is -2.09. The Morgan fingerprint density at radius 1 is 0.958 bits per heavy atom. The molecule has 0 N–H and O–H groups in total. The lowest BCUT2D eigenvalue weighted by Crippen LogP contribution is -2.32. The molecule has 0 saturated carbocycles. The standard InChI is InChI=1S/C19H12ClNO3/c20-14-8-5-12(6-9-14)11-15(18(22)19(23)24)17-10-7-13-3-1-2-4-16(13)21-17/h1-11H,(H,23,24)/p-1. The number of Topliss-reactive ketones (excluding diaryl/α,β-unsaturated/α-hetero) is 1. The number of carbonyl (C=O) groups excluding carboxylic acids is 2. The van der Waals surface area contributed by atoms with E-state index in [1.165, 1.54) is 6.08 Å². The second-order valence-electron chi connectivity index (χ2n) is 5.12. The summed E-state index contributed by atoms with van der Waals surface area (Å²) in [4.78, 5) is 27.5. The van der Waals surface area contributed by atoms with Gasteiger partial charge in [0.25, 0.3) is 0 Å². The van der Waals surface area contributed by atoms with Gasteiger partial charge in [-0.05, 0) is 35.9 Å². The molecule has 0 aliphatic heterocycles. The first-order chi connectivity index (χ1) is 11.5. The maximum absolute atomic E-state index is 12.1. The van der Waals surface area contributed by atoms with Crippen molar-refractivity contribution >= 4 is 45.9 Å². The Morgan fingerprint density at radius 2 is 1.67 bits per heavy atom. The zero-order valence-corrected chi connectivity index (χ0v) is 13.2. The Kier molecular flexibility index (Phi) is 4.40. The van der Waals surface area contributed by atoms with E-state index in [9.17, 15) is 14.7 Å². The van der Waals surface area contributed by atoms with Crippen molar-refractivity contribution in [2.75, 3.05) is 0 Å². The molecule has 0 radical (unpaired) electrons. The smallest absolute Gasteiger partial charge is 0.210 e. The average molecular weight is 337 g/mol. The fraction of sp³-hybridized carbons (Fsp3) is 0. The van der Waals surface area contributed by atoms with Gasteiger partial charge in [-0.2, -0.15) is 0 Å². The maximum atomic E-state index is 12.1. The number of carboxylic acid groups (broad SMARTS) is 1. The van der Waals surface area contributed by atoms with Gasteiger partial charge in [-0.25, -0.2) is 4.98 Å². The molecule has 4 nitrogen and oxygen atoms in total. The summed E-state index contributed by atoms with van der Waals surface area (Å²) in [6, 6.07) is 17.5. The van der Waals surface area contributed by atoms with Crippen LogP contribution in [0.15, 0.2) is 60.7 Å². The maximum Gasteiger partial charge on any atom is 0.210 e. The molecule has 0 bridgehead atoms. The molecule has 5 heteroatoms. The number of halogens is 1. The van der Waals surface area contributed by atoms with Crippen LogP contribution in [0.5, 0.6) is 0 Å². The van der Waals surface area contributed by atoms with E-state index in [2.05, 4.69) is 4.98 Å². The second kappa shape index (κ2) is 6.64. The van der Waals surface area contributed by atoms with Crippen molar-refractivity contribution in [2.45, 2.75) is 0 Å². The molecule has 2 aromatic carbocycles. The molecule has 0 unspecified atom stereocenters. The number of fused-ring (bicyclic) bond motifs is 1. The van der Waals surface area contributed by atoms with Gasteiger partial charge in [0, 0.05) is 10.4 Å². The van der Waals surface area contributed by atoms with Gasteiger partial charge in [-0.15, -0.1) is 0 Å². The predicted octanol–water partition coefficient (Wildman–Crippen LogP) is 2.75. The minimum atomic E-state index is -1.77. The number of pyridine rings is 1. The Balaban J connectivity index is 2.14.